The predicted octanol–water partition coefficient (Wildman–Crippen LogP) is 3.22. The molecular formula is C25H28N4O4. The smallest absolute Gasteiger partial charge is 0.339 e. The number of aryl methyl sites for hydroxylation is 2. The van der Waals surface area contributed by atoms with Crippen LogP contribution in [0.4, 0.5) is 0 Å². The van der Waals surface area contributed by atoms with E-state index in [4.69, 9.17) is 9.26 Å². The minimum Gasteiger partial charge on any atom is -0.452 e. The van der Waals surface area contributed by atoms with Gasteiger partial charge in [0.15, 0.2) is 6.61 Å². The number of nitrogens with zero attached hydrogens (tertiary/aromatic N) is 4. The third kappa shape index (κ3) is 4.75. The van der Waals surface area contributed by atoms with Crippen LogP contribution in [0, 0.1) is 13.8 Å². The van der Waals surface area contributed by atoms with E-state index in [1.54, 1.807) is 17.9 Å². The van der Waals surface area contributed by atoms with Crippen molar-refractivity contribution in [1.82, 2.24) is 19.9 Å². The monoisotopic (exact) mass is 448 g/mol. The van der Waals surface area contributed by atoms with Gasteiger partial charge in [-0.3, -0.25) is 9.69 Å². The van der Waals surface area contributed by atoms with Gasteiger partial charge in [-0.1, -0.05) is 35.0 Å². The molecular weight excluding hydrogens is 420 g/mol. The SMILES string of the molecule is Cc1cccc(CN2CCN(C(=O)COC(=O)c3cc(C4CC4)nc4onc(C)c34)CC2)c1. The molecule has 0 radical (unpaired) electrons. The fourth-order valence-electron chi connectivity index (χ4n) is 4.38. The summed E-state index contributed by atoms with van der Waals surface area (Å²) >= 11 is 0. The van der Waals surface area contributed by atoms with E-state index in [0.717, 1.165) is 38.2 Å². The number of piperazine rings is 1. The summed E-state index contributed by atoms with van der Waals surface area (Å²) < 4.78 is 10.7. The lowest BCUT2D eigenvalue weighted by Gasteiger charge is -2.34. The maximum atomic E-state index is 12.9. The van der Waals surface area contributed by atoms with Gasteiger partial charge < -0.3 is 14.2 Å². The maximum Gasteiger partial charge on any atom is 0.339 e. The minimum atomic E-state index is -0.540. The van der Waals surface area contributed by atoms with Gasteiger partial charge in [-0.05, 0) is 38.3 Å². The van der Waals surface area contributed by atoms with Crippen LogP contribution < -0.4 is 0 Å². The molecule has 1 amide bonds. The zero-order valence-electron chi connectivity index (χ0n) is 19.0. The Labute approximate surface area is 192 Å². The Morgan fingerprint density at radius 1 is 1.12 bits per heavy atom. The summed E-state index contributed by atoms with van der Waals surface area (Å²) in [6.45, 7) is 7.29. The number of pyridine rings is 1. The van der Waals surface area contributed by atoms with Crippen LogP contribution in [0.2, 0.25) is 0 Å². The second kappa shape index (κ2) is 8.94. The molecule has 3 heterocycles. The van der Waals surface area contributed by atoms with Gasteiger partial charge in [-0.2, -0.15) is 0 Å². The second-order valence-electron chi connectivity index (χ2n) is 9.04. The van der Waals surface area contributed by atoms with Crippen LogP contribution in [0.15, 0.2) is 34.9 Å². The topological polar surface area (TPSA) is 88.8 Å². The number of amides is 1. The van der Waals surface area contributed by atoms with E-state index < -0.39 is 5.97 Å². The molecule has 5 rings (SSSR count). The van der Waals surface area contributed by atoms with Crippen LogP contribution in [0.25, 0.3) is 11.1 Å². The van der Waals surface area contributed by atoms with Crippen molar-refractivity contribution < 1.29 is 18.8 Å². The number of carbonyl (C=O) groups excluding carboxylic acids is 2. The molecule has 2 aliphatic rings. The number of hydrogen-bond acceptors (Lipinski definition) is 7. The number of aromatic nitrogens is 2. The highest BCUT2D eigenvalue weighted by molar-refractivity contribution is 6.03. The highest BCUT2D eigenvalue weighted by atomic mass is 16.5. The third-order valence-electron chi connectivity index (χ3n) is 6.39. The normalized spacial score (nSPS) is 16.8. The molecule has 0 bridgehead atoms. The number of benzene rings is 1. The van der Waals surface area contributed by atoms with E-state index in [1.807, 2.05) is 0 Å². The Kier molecular flexibility index (Phi) is 5.85. The number of esters is 1. The van der Waals surface area contributed by atoms with Crippen molar-refractivity contribution in [1.29, 1.82) is 0 Å². The van der Waals surface area contributed by atoms with Gasteiger partial charge in [-0.25, -0.2) is 9.78 Å². The van der Waals surface area contributed by atoms with Gasteiger partial charge in [0.1, 0.15) is 0 Å². The second-order valence-corrected chi connectivity index (χ2v) is 9.04. The molecule has 8 heteroatoms. The number of carbonyl (C=O) groups is 2. The summed E-state index contributed by atoms with van der Waals surface area (Å²) in [5.41, 5.74) is 4.66. The van der Waals surface area contributed by atoms with Crippen molar-refractivity contribution in [2.24, 2.45) is 0 Å². The lowest BCUT2D eigenvalue weighted by Crippen LogP contribution is -2.49. The first kappa shape index (κ1) is 21.6. The van der Waals surface area contributed by atoms with Crippen molar-refractivity contribution >= 4 is 23.0 Å². The molecule has 1 saturated carbocycles. The van der Waals surface area contributed by atoms with Gasteiger partial charge in [0.2, 0.25) is 0 Å². The highest BCUT2D eigenvalue weighted by Crippen LogP contribution is 2.40. The molecule has 33 heavy (non-hydrogen) atoms. The van der Waals surface area contributed by atoms with Gasteiger partial charge in [-0.15, -0.1) is 0 Å². The first-order chi connectivity index (χ1) is 16.0. The molecule has 1 aliphatic carbocycles. The van der Waals surface area contributed by atoms with Crippen molar-refractivity contribution in [3.05, 3.63) is 58.4 Å². The first-order valence-corrected chi connectivity index (χ1v) is 11.5. The largest absolute Gasteiger partial charge is 0.452 e. The van der Waals surface area contributed by atoms with E-state index >= 15 is 0 Å². The molecule has 0 unspecified atom stereocenters. The van der Waals surface area contributed by atoms with Gasteiger partial charge in [0.05, 0.1) is 16.6 Å². The van der Waals surface area contributed by atoms with Crippen molar-refractivity contribution in [2.75, 3.05) is 32.8 Å². The zero-order chi connectivity index (χ0) is 22.9. The van der Waals surface area contributed by atoms with E-state index in [-0.39, 0.29) is 12.5 Å². The van der Waals surface area contributed by atoms with E-state index in [1.165, 1.54) is 11.1 Å². The zero-order valence-corrected chi connectivity index (χ0v) is 19.0. The molecule has 2 fully saturated rings. The molecule has 8 nitrogen and oxygen atoms in total. The number of rotatable bonds is 6. The summed E-state index contributed by atoms with van der Waals surface area (Å²) in [5.74, 6) is -0.362. The molecule has 0 spiro atoms. The molecule has 1 aliphatic heterocycles. The molecule has 1 saturated heterocycles. The molecule has 1 aromatic carbocycles. The fraction of sp³-hybridized carbons (Fsp3) is 0.440. The standard InChI is InChI=1S/C25H28N4O4/c1-16-4-3-5-18(12-16)14-28-8-10-29(11-9-28)22(30)15-32-25(31)20-13-21(19-6-7-19)26-24-23(20)17(2)27-33-24/h3-5,12-13,19H,6-11,14-15H2,1-2H3. The van der Waals surface area contributed by atoms with Crippen molar-refractivity contribution in [2.45, 2.75) is 39.2 Å². The highest BCUT2D eigenvalue weighted by Gasteiger charge is 2.29. The Hall–Kier alpha value is -3.26. The van der Waals surface area contributed by atoms with E-state index in [2.05, 4.69) is 46.2 Å². The molecule has 3 aromatic rings. The predicted molar refractivity (Wildman–Crippen MR) is 122 cm³/mol. The summed E-state index contributed by atoms with van der Waals surface area (Å²) in [6.07, 6.45) is 2.10. The quantitative estimate of drug-likeness (QED) is 0.535. The van der Waals surface area contributed by atoms with Crippen LogP contribution in [0.1, 0.15) is 51.6 Å². The summed E-state index contributed by atoms with van der Waals surface area (Å²) in [4.78, 5) is 34.2. The Morgan fingerprint density at radius 3 is 2.64 bits per heavy atom. The summed E-state index contributed by atoms with van der Waals surface area (Å²) in [7, 11) is 0. The van der Waals surface area contributed by atoms with Gasteiger partial charge in [0, 0.05) is 44.3 Å². The lowest BCUT2D eigenvalue weighted by atomic mass is 10.1. The maximum absolute atomic E-state index is 12.9. The van der Waals surface area contributed by atoms with Crippen molar-refractivity contribution in [3.8, 4) is 0 Å². The Bertz CT molecular complexity index is 1190. The Balaban J connectivity index is 1.17. The van der Waals surface area contributed by atoms with Gasteiger partial charge in [0.25, 0.3) is 11.6 Å². The molecule has 0 N–H and O–H groups in total. The van der Waals surface area contributed by atoms with Crippen molar-refractivity contribution in [3.63, 3.8) is 0 Å². The number of hydrogen-bond donors (Lipinski definition) is 0. The van der Waals surface area contributed by atoms with Crippen LogP contribution in [-0.4, -0.2) is 64.6 Å². The number of ether oxygens (including phenoxy) is 1. The van der Waals surface area contributed by atoms with Gasteiger partial charge >= 0.3 is 5.97 Å². The molecule has 172 valence electrons. The summed E-state index contributed by atoms with van der Waals surface area (Å²) in [6, 6.07) is 10.3. The van der Waals surface area contributed by atoms with Crippen LogP contribution >= 0.6 is 0 Å². The fourth-order valence-corrected chi connectivity index (χ4v) is 4.38. The molecule has 2 aromatic heterocycles. The number of fused-ring (bicyclic) bond motifs is 1. The average Bonchev–Trinajstić information content (AvgIpc) is 3.60. The van der Waals surface area contributed by atoms with Crippen LogP contribution in [-0.2, 0) is 16.1 Å². The third-order valence-corrected chi connectivity index (χ3v) is 6.39. The van der Waals surface area contributed by atoms with Crippen LogP contribution in [0.5, 0.6) is 0 Å². The lowest BCUT2D eigenvalue weighted by molar-refractivity contribution is -0.136. The summed E-state index contributed by atoms with van der Waals surface area (Å²) in [5, 5.41) is 4.50. The van der Waals surface area contributed by atoms with E-state index in [0.29, 0.717) is 41.4 Å². The Morgan fingerprint density at radius 2 is 1.91 bits per heavy atom. The first-order valence-electron chi connectivity index (χ1n) is 11.5. The minimum absolute atomic E-state index is 0.173. The average molecular weight is 449 g/mol. The van der Waals surface area contributed by atoms with Crippen LogP contribution in [0.3, 0.4) is 0 Å². The molecule has 0 atom stereocenters. The van der Waals surface area contributed by atoms with E-state index in [9.17, 15) is 9.59 Å².